The number of rotatable bonds is 4. The number of nitrogens with zero attached hydrogens (tertiary/aromatic N) is 1. The number of hydrogen-bond acceptors (Lipinski definition) is 6. The first-order valence-corrected chi connectivity index (χ1v) is 7.94. The molecule has 21 heavy (non-hydrogen) atoms. The molecule has 0 atom stereocenters. The van der Waals surface area contributed by atoms with Crippen LogP contribution in [0.4, 0.5) is 5.69 Å². The SMILES string of the molecule is N#Cc1ccc(S(=O)(=O)NCC2(O)CCOCC2)c(N)c1. The van der Waals surface area contributed by atoms with Gasteiger partial charge in [-0.05, 0) is 18.2 Å². The van der Waals surface area contributed by atoms with Crippen LogP contribution < -0.4 is 10.5 Å². The number of anilines is 1. The molecule has 2 rings (SSSR count). The molecule has 0 amide bonds. The lowest BCUT2D eigenvalue weighted by atomic mass is 9.95. The lowest BCUT2D eigenvalue weighted by Crippen LogP contribution is -2.46. The van der Waals surface area contributed by atoms with Gasteiger partial charge < -0.3 is 15.6 Å². The molecule has 114 valence electrons. The molecule has 0 saturated carbocycles. The average molecular weight is 311 g/mol. The molecular formula is C13H17N3O4S. The third kappa shape index (κ3) is 3.71. The van der Waals surface area contributed by atoms with Crippen LogP contribution in [0.2, 0.25) is 0 Å². The van der Waals surface area contributed by atoms with E-state index in [-0.39, 0.29) is 22.7 Å². The highest BCUT2D eigenvalue weighted by atomic mass is 32.2. The summed E-state index contributed by atoms with van der Waals surface area (Å²) in [5.74, 6) is 0. The Balaban J connectivity index is 2.13. The van der Waals surface area contributed by atoms with Crippen LogP contribution in [0.5, 0.6) is 0 Å². The van der Waals surface area contributed by atoms with Crippen molar-refractivity contribution in [2.24, 2.45) is 0 Å². The van der Waals surface area contributed by atoms with E-state index in [9.17, 15) is 13.5 Å². The van der Waals surface area contributed by atoms with Gasteiger partial charge in [0.2, 0.25) is 10.0 Å². The van der Waals surface area contributed by atoms with Gasteiger partial charge in [-0.15, -0.1) is 0 Å². The molecule has 8 heteroatoms. The predicted octanol–water partition coefficient (Wildman–Crippen LogP) is -0.0397. The van der Waals surface area contributed by atoms with Gasteiger partial charge in [0.25, 0.3) is 0 Å². The Morgan fingerprint density at radius 2 is 2.10 bits per heavy atom. The molecule has 0 aromatic heterocycles. The van der Waals surface area contributed by atoms with Crippen molar-refractivity contribution in [2.45, 2.75) is 23.3 Å². The van der Waals surface area contributed by atoms with E-state index >= 15 is 0 Å². The van der Waals surface area contributed by atoms with E-state index in [1.165, 1.54) is 18.2 Å². The standard InChI is InChI=1S/C13H17N3O4S/c14-8-10-1-2-12(11(15)7-10)21(18,19)16-9-13(17)3-5-20-6-4-13/h1-2,7,16-17H,3-6,9,15H2. The maximum absolute atomic E-state index is 12.2. The second-order valence-electron chi connectivity index (χ2n) is 5.03. The first-order chi connectivity index (χ1) is 9.86. The van der Waals surface area contributed by atoms with Crippen LogP contribution in [0.15, 0.2) is 23.1 Å². The fourth-order valence-corrected chi connectivity index (χ4v) is 3.33. The molecule has 4 N–H and O–H groups in total. The summed E-state index contributed by atoms with van der Waals surface area (Å²) >= 11 is 0. The number of nitrogens with two attached hydrogens (primary N) is 1. The van der Waals surface area contributed by atoms with Gasteiger partial charge >= 0.3 is 0 Å². The van der Waals surface area contributed by atoms with Crippen molar-refractivity contribution < 1.29 is 18.3 Å². The van der Waals surface area contributed by atoms with Crippen LogP contribution in [-0.2, 0) is 14.8 Å². The van der Waals surface area contributed by atoms with E-state index in [2.05, 4.69) is 4.72 Å². The minimum absolute atomic E-state index is 0.000479. The van der Waals surface area contributed by atoms with Crippen LogP contribution in [0.1, 0.15) is 18.4 Å². The summed E-state index contributed by atoms with van der Waals surface area (Å²) in [5.41, 5.74) is 4.85. The molecule has 1 aromatic carbocycles. The van der Waals surface area contributed by atoms with Gasteiger partial charge in [0.1, 0.15) is 4.90 Å². The zero-order valence-electron chi connectivity index (χ0n) is 11.4. The number of nitrogen functional groups attached to an aromatic ring is 1. The third-order valence-corrected chi connectivity index (χ3v) is 4.92. The van der Waals surface area contributed by atoms with Gasteiger partial charge in [0.05, 0.1) is 22.9 Å². The molecule has 1 aliphatic heterocycles. The molecule has 7 nitrogen and oxygen atoms in total. The number of ether oxygens (including phenoxy) is 1. The predicted molar refractivity (Wildman–Crippen MR) is 75.8 cm³/mol. The van der Waals surface area contributed by atoms with E-state index in [1.807, 2.05) is 6.07 Å². The van der Waals surface area contributed by atoms with Gasteiger partial charge in [0.15, 0.2) is 0 Å². The van der Waals surface area contributed by atoms with Crippen molar-refractivity contribution in [2.75, 3.05) is 25.5 Å². The van der Waals surface area contributed by atoms with Crippen molar-refractivity contribution in [3.63, 3.8) is 0 Å². The van der Waals surface area contributed by atoms with Crippen LogP contribution in [0, 0.1) is 11.3 Å². The molecule has 0 aliphatic carbocycles. The minimum Gasteiger partial charge on any atom is -0.398 e. The maximum atomic E-state index is 12.2. The minimum atomic E-state index is -3.84. The zero-order valence-corrected chi connectivity index (χ0v) is 12.2. The zero-order chi connectivity index (χ0) is 15.5. The molecular weight excluding hydrogens is 294 g/mol. The first-order valence-electron chi connectivity index (χ1n) is 6.46. The molecule has 0 bridgehead atoms. The molecule has 0 unspecified atom stereocenters. The number of benzene rings is 1. The highest BCUT2D eigenvalue weighted by Gasteiger charge is 2.31. The number of hydrogen-bond donors (Lipinski definition) is 3. The van der Waals surface area contributed by atoms with Crippen molar-refractivity contribution in [1.82, 2.24) is 4.72 Å². The van der Waals surface area contributed by atoms with Gasteiger partial charge in [-0.3, -0.25) is 0 Å². The molecule has 1 aliphatic rings. The summed E-state index contributed by atoms with van der Waals surface area (Å²) in [4.78, 5) is -0.0999. The largest absolute Gasteiger partial charge is 0.398 e. The van der Waals surface area contributed by atoms with E-state index in [0.29, 0.717) is 26.1 Å². The number of aliphatic hydroxyl groups is 1. The Morgan fingerprint density at radius 1 is 1.43 bits per heavy atom. The Labute approximate surface area is 123 Å². The lowest BCUT2D eigenvalue weighted by Gasteiger charge is -2.32. The smallest absolute Gasteiger partial charge is 0.242 e. The van der Waals surface area contributed by atoms with Crippen molar-refractivity contribution in [3.8, 4) is 6.07 Å². The van der Waals surface area contributed by atoms with E-state index in [0.717, 1.165) is 0 Å². The third-order valence-electron chi connectivity index (χ3n) is 3.44. The monoisotopic (exact) mass is 311 g/mol. The van der Waals surface area contributed by atoms with E-state index < -0.39 is 15.6 Å². The highest BCUT2D eigenvalue weighted by Crippen LogP contribution is 2.22. The van der Waals surface area contributed by atoms with Gasteiger partial charge in [-0.1, -0.05) is 0 Å². The summed E-state index contributed by atoms with van der Waals surface area (Å²) in [5, 5.41) is 19.0. The van der Waals surface area contributed by atoms with Crippen molar-refractivity contribution in [1.29, 1.82) is 5.26 Å². The number of nitrogens with one attached hydrogen (secondary N) is 1. The summed E-state index contributed by atoms with van der Waals surface area (Å²) < 4.78 is 31.9. The normalized spacial score (nSPS) is 18.1. The fraction of sp³-hybridized carbons (Fsp3) is 0.462. The number of nitriles is 1. The summed E-state index contributed by atoms with van der Waals surface area (Å²) in [6.45, 7) is 0.701. The first kappa shape index (κ1) is 15.7. The lowest BCUT2D eigenvalue weighted by molar-refractivity contribution is -0.0588. The van der Waals surface area contributed by atoms with Crippen LogP contribution in [-0.4, -0.2) is 38.9 Å². The molecule has 0 spiro atoms. The van der Waals surface area contributed by atoms with Crippen molar-refractivity contribution >= 4 is 15.7 Å². The van der Waals surface area contributed by atoms with Crippen LogP contribution >= 0.6 is 0 Å². The Bertz CT molecular complexity index is 660. The molecule has 1 fully saturated rings. The molecule has 0 radical (unpaired) electrons. The maximum Gasteiger partial charge on any atom is 0.242 e. The van der Waals surface area contributed by atoms with Gasteiger partial charge in [0, 0.05) is 32.6 Å². The Hall–Kier alpha value is -1.66. The summed E-state index contributed by atoms with van der Waals surface area (Å²) in [6.07, 6.45) is 0.747. The number of sulfonamides is 1. The second-order valence-corrected chi connectivity index (χ2v) is 6.76. The molecule has 1 heterocycles. The topological polar surface area (TPSA) is 125 Å². The summed E-state index contributed by atoms with van der Waals surface area (Å²) in [6, 6.07) is 5.86. The van der Waals surface area contributed by atoms with Crippen LogP contribution in [0.3, 0.4) is 0 Å². The Kier molecular flexibility index (Phi) is 4.49. The van der Waals surface area contributed by atoms with Gasteiger partial charge in [-0.25, -0.2) is 13.1 Å². The Morgan fingerprint density at radius 3 is 2.67 bits per heavy atom. The van der Waals surface area contributed by atoms with Crippen molar-refractivity contribution in [3.05, 3.63) is 23.8 Å². The molecule has 1 saturated heterocycles. The van der Waals surface area contributed by atoms with Gasteiger partial charge in [-0.2, -0.15) is 5.26 Å². The van der Waals surface area contributed by atoms with Crippen LogP contribution in [0.25, 0.3) is 0 Å². The molecule has 1 aromatic rings. The quantitative estimate of drug-likeness (QED) is 0.670. The summed E-state index contributed by atoms with van der Waals surface area (Å²) in [7, 11) is -3.84. The highest BCUT2D eigenvalue weighted by molar-refractivity contribution is 7.89. The van der Waals surface area contributed by atoms with E-state index in [1.54, 1.807) is 0 Å². The average Bonchev–Trinajstić information content (AvgIpc) is 2.46. The fourth-order valence-electron chi connectivity index (χ4n) is 2.10. The second kappa shape index (κ2) is 5.99. The van der Waals surface area contributed by atoms with E-state index in [4.69, 9.17) is 15.7 Å².